The van der Waals surface area contributed by atoms with Crippen LogP contribution in [0.1, 0.15) is 21.5 Å². The Hall–Kier alpha value is -2.29. The minimum atomic E-state index is -0.447. The Kier molecular flexibility index (Phi) is 6.63. The van der Waals surface area contributed by atoms with Gasteiger partial charge in [0.25, 0.3) is 11.8 Å². The van der Waals surface area contributed by atoms with E-state index in [0.717, 1.165) is 14.7 Å². The number of rotatable bonds is 5. The Morgan fingerprint density at radius 2 is 1.80 bits per heavy atom. The highest BCUT2D eigenvalue weighted by atomic mass is 127. The van der Waals surface area contributed by atoms with Crippen LogP contribution in [-0.4, -0.2) is 25.5 Å². The largest absolute Gasteiger partial charge is 0.496 e. The van der Waals surface area contributed by atoms with E-state index in [1.807, 2.05) is 32.0 Å². The van der Waals surface area contributed by atoms with E-state index < -0.39 is 11.8 Å². The molecule has 2 aromatic carbocycles. The van der Waals surface area contributed by atoms with Crippen molar-refractivity contribution in [2.45, 2.75) is 13.8 Å². The maximum absolute atomic E-state index is 12.1. The van der Waals surface area contributed by atoms with Crippen LogP contribution in [0, 0.1) is 17.4 Å². The van der Waals surface area contributed by atoms with E-state index in [-0.39, 0.29) is 6.61 Å². The van der Waals surface area contributed by atoms with Gasteiger partial charge < -0.3 is 9.47 Å². The molecule has 7 heteroatoms. The molecule has 2 aromatic rings. The third-order valence-corrected chi connectivity index (χ3v) is 4.27. The molecule has 0 saturated heterocycles. The van der Waals surface area contributed by atoms with Gasteiger partial charge in [0, 0.05) is 5.56 Å². The Morgan fingerprint density at radius 3 is 2.48 bits per heavy atom. The fraction of sp³-hybridized carbons (Fsp3) is 0.222. The van der Waals surface area contributed by atoms with Gasteiger partial charge in [0.2, 0.25) is 0 Å². The molecule has 0 aliphatic rings. The van der Waals surface area contributed by atoms with Crippen LogP contribution < -0.4 is 20.3 Å². The fourth-order valence-corrected chi connectivity index (χ4v) is 2.78. The molecular formula is C18H19IN2O4. The molecule has 0 saturated carbocycles. The van der Waals surface area contributed by atoms with Crippen LogP contribution in [0.5, 0.6) is 11.5 Å². The number of amides is 2. The molecule has 2 N–H and O–H groups in total. The number of carbonyl (C=O) groups excluding carboxylic acids is 2. The molecule has 2 amide bonds. The van der Waals surface area contributed by atoms with Crippen LogP contribution in [0.25, 0.3) is 0 Å². The first-order valence-electron chi connectivity index (χ1n) is 7.53. The third-order valence-electron chi connectivity index (χ3n) is 3.43. The number of benzene rings is 2. The molecule has 0 aliphatic heterocycles. The van der Waals surface area contributed by atoms with Crippen LogP contribution >= 0.6 is 22.6 Å². The molecule has 25 heavy (non-hydrogen) atoms. The van der Waals surface area contributed by atoms with Crippen LogP contribution in [0.2, 0.25) is 0 Å². The lowest BCUT2D eigenvalue weighted by Gasteiger charge is -2.11. The van der Waals surface area contributed by atoms with Gasteiger partial charge in [-0.1, -0.05) is 12.1 Å². The predicted molar refractivity (Wildman–Crippen MR) is 103 cm³/mol. The molecule has 2 rings (SSSR count). The molecule has 6 nitrogen and oxygen atoms in total. The summed E-state index contributed by atoms with van der Waals surface area (Å²) in [7, 11) is 1.56. The minimum Gasteiger partial charge on any atom is -0.496 e. The predicted octanol–water partition coefficient (Wildman–Crippen LogP) is 2.76. The van der Waals surface area contributed by atoms with Crippen molar-refractivity contribution in [1.82, 2.24) is 10.9 Å². The second-order valence-corrected chi connectivity index (χ2v) is 6.57. The number of hydrazine groups is 1. The summed E-state index contributed by atoms with van der Waals surface area (Å²) in [5.41, 5.74) is 7.10. The number of halogens is 1. The summed E-state index contributed by atoms with van der Waals surface area (Å²) >= 11 is 2.07. The van der Waals surface area contributed by atoms with E-state index in [2.05, 4.69) is 33.4 Å². The normalized spacial score (nSPS) is 10.1. The summed E-state index contributed by atoms with van der Waals surface area (Å²) in [5.74, 6) is 0.465. The summed E-state index contributed by atoms with van der Waals surface area (Å²) in [6.45, 7) is 3.66. The van der Waals surface area contributed by atoms with Gasteiger partial charge >= 0.3 is 0 Å². The first-order valence-corrected chi connectivity index (χ1v) is 8.61. The Morgan fingerprint density at radius 1 is 1.04 bits per heavy atom. The highest BCUT2D eigenvalue weighted by Gasteiger charge is 2.11. The maximum Gasteiger partial charge on any atom is 0.276 e. The molecule has 0 heterocycles. The average molecular weight is 454 g/mol. The molecule has 0 radical (unpaired) electrons. The van der Waals surface area contributed by atoms with Crippen molar-refractivity contribution < 1.29 is 19.1 Å². The zero-order valence-corrected chi connectivity index (χ0v) is 16.3. The van der Waals surface area contributed by atoms with E-state index >= 15 is 0 Å². The second kappa shape index (κ2) is 8.70. The van der Waals surface area contributed by atoms with E-state index in [0.29, 0.717) is 17.1 Å². The number of aryl methyl sites for hydroxylation is 2. The zero-order chi connectivity index (χ0) is 18.4. The Balaban J connectivity index is 1.86. The van der Waals surface area contributed by atoms with E-state index in [1.165, 1.54) is 0 Å². The van der Waals surface area contributed by atoms with Gasteiger partial charge in [0.1, 0.15) is 11.5 Å². The molecule has 132 valence electrons. The van der Waals surface area contributed by atoms with Crippen LogP contribution in [0.4, 0.5) is 0 Å². The zero-order valence-electron chi connectivity index (χ0n) is 14.2. The van der Waals surface area contributed by atoms with Gasteiger partial charge in [-0.2, -0.15) is 0 Å². The molecule has 0 bridgehead atoms. The fourth-order valence-electron chi connectivity index (χ4n) is 2.05. The number of nitrogens with one attached hydrogen (secondary N) is 2. The molecule has 0 fully saturated rings. The van der Waals surface area contributed by atoms with Gasteiger partial charge in [-0.05, 0) is 71.8 Å². The Bertz CT molecular complexity index is 793. The minimum absolute atomic E-state index is 0.190. The lowest BCUT2D eigenvalue weighted by Crippen LogP contribution is -2.43. The van der Waals surface area contributed by atoms with Crippen LogP contribution in [0.15, 0.2) is 36.4 Å². The van der Waals surface area contributed by atoms with Crippen LogP contribution in [-0.2, 0) is 4.79 Å². The lowest BCUT2D eigenvalue weighted by atomic mass is 10.1. The van der Waals surface area contributed by atoms with Gasteiger partial charge in [-0.15, -0.1) is 0 Å². The van der Waals surface area contributed by atoms with E-state index in [4.69, 9.17) is 9.47 Å². The quantitative estimate of drug-likeness (QED) is 0.538. The van der Waals surface area contributed by atoms with Gasteiger partial charge in [-0.25, -0.2) is 0 Å². The lowest BCUT2D eigenvalue weighted by molar-refractivity contribution is -0.123. The van der Waals surface area contributed by atoms with Crippen molar-refractivity contribution in [2.75, 3.05) is 13.7 Å². The monoisotopic (exact) mass is 454 g/mol. The van der Waals surface area contributed by atoms with Crippen molar-refractivity contribution in [3.63, 3.8) is 0 Å². The van der Waals surface area contributed by atoms with Crippen molar-refractivity contribution in [2.24, 2.45) is 0 Å². The number of carbonyl (C=O) groups is 2. The second-order valence-electron chi connectivity index (χ2n) is 5.41. The molecule has 0 aliphatic carbocycles. The number of hydrogen-bond acceptors (Lipinski definition) is 4. The molecule has 0 atom stereocenters. The highest BCUT2D eigenvalue weighted by Crippen LogP contribution is 2.21. The van der Waals surface area contributed by atoms with E-state index in [1.54, 1.807) is 25.3 Å². The topological polar surface area (TPSA) is 76.7 Å². The van der Waals surface area contributed by atoms with Gasteiger partial charge in [0.05, 0.1) is 10.7 Å². The van der Waals surface area contributed by atoms with E-state index in [9.17, 15) is 9.59 Å². The summed E-state index contributed by atoms with van der Waals surface area (Å²) in [6.07, 6.45) is 0. The standard InChI is InChI=1S/C18H19IN2O4/c1-11-4-5-12(2)16(8-11)25-10-17(22)20-21-18(23)13-6-7-15(24-3)14(19)9-13/h4-9H,10H2,1-3H3,(H,20,22)(H,21,23). The highest BCUT2D eigenvalue weighted by molar-refractivity contribution is 14.1. The van der Waals surface area contributed by atoms with Gasteiger partial charge in [-0.3, -0.25) is 20.4 Å². The molecule has 0 spiro atoms. The SMILES string of the molecule is COc1ccc(C(=O)NNC(=O)COc2cc(C)ccc2C)cc1I. The summed E-state index contributed by atoms with van der Waals surface area (Å²) < 4.78 is 11.4. The smallest absolute Gasteiger partial charge is 0.276 e. The van der Waals surface area contributed by atoms with Crippen molar-refractivity contribution in [3.8, 4) is 11.5 Å². The first kappa shape index (κ1) is 19.0. The molecular weight excluding hydrogens is 435 g/mol. The average Bonchev–Trinajstić information content (AvgIpc) is 2.60. The van der Waals surface area contributed by atoms with Crippen molar-refractivity contribution in [1.29, 1.82) is 0 Å². The van der Waals surface area contributed by atoms with Gasteiger partial charge in [0.15, 0.2) is 6.61 Å². The maximum atomic E-state index is 12.1. The van der Waals surface area contributed by atoms with Crippen molar-refractivity contribution in [3.05, 3.63) is 56.7 Å². The van der Waals surface area contributed by atoms with Crippen LogP contribution in [0.3, 0.4) is 0 Å². The molecule has 0 aromatic heterocycles. The number of hydrogen-bond donors (Lipinski definition) is 2. The Labute approximate surface area is 160 Å². The third kappa shape index (κ3) is 5.35. The summed E-state index contributed by atoms with van der Waals surface area (Å²) in [4.78, 5) is 23.9. The number of methoxy groups -OCH3 is 1. The molecule has 0 unspecified atom stereocenters. The summed E-state index contributed by atoms with van der Waals surface area (Å²) in [6, 6.07) is 10.7. The number of ether oxygens (including phenoxy) is 2. The van der Waals surface area contributed by atoms with Crippen molar-refractivity contribution >= 4 is 34.4 Å². The first-order chi connectivity index (χ1) is 11.9. The summed E-state index contributed by atoms with van der Waals surface area (Å²) in [5, 5.41) is 0.